The van der Waals surface area contributed by atoms with Gasteiger partial charge in [0.15, 0.2) is 5.78 Å². The number of carbonyl (C=O) groups is 1. The largest absolute Gasteiger partial charge is 0.289 e. The van der Waals surface area contributed by atoms with Crippen LogP contribution in [0.2, 0.25) is 5.02 Å². The third-order valence-electron chi connectivity index (χ3n) is 1.43. The van der Waals surface area contributed by atoms with Crippen LogP contribution in [0.25, 0.3) is 0 Å². The highest BCUT2D eigenvalue weighted by atomic mass is 35.5. The van der Waals surface area contributed by atoms with E-state index in [0.717, 1.165) is 0 Å². The van der Waals surface area contributed by atoms with Crippen molar-refractivity contribution in [3.8, 4) is 0 Å². The minimum Gasteiger partial charge on any atom is -0.289 e. The van der Waals surface area contributed by atoms with Gasteiger partial charge in [-0.3, -0.25) is 4.79 Å². The van der Waals surface area contributed by atoms with Crippen LogP contribution in [0, 0.1) is 0 Å². The molecule has 0 radical (unpaired) electrons. The number of hydrogen-bond acceptors (Lipinski definition) is 1. The van der Waals surface area contributed by atoms with E-state index in [1.807, 2.05) is 6.92 Å². The Kier molecular flexibility index (Phi) is 3.06. The quantitative estimate of drug-likeness (QED) is 0.505. The highest BCUT2D eigenvalue weighted by Gasteiger charge is 2.00. The standard InChI is InChI=1S/C10H9ClO/c1-2-4-10(12)8-5-3-6-9(11)7-8/h2-7H,1H3. The molecule has 0 bridgehead atoms. The molecule has 0 saturated carbocycles. The molecule has 0 aliphatic rings. The summed E-state index contributed by atoms with van der Waals surface area (Å²) >= 11 is 5.71. The molecular formula is C10H9ClO. The number of hydrogen-bond donors (Lipinski definition) is 0. The van der Waals surface area contributed by atoms with Gasteiger partial charge >= 0.3 is 0 Å². The third-order valence-corrected chi connectivity index (χ3v) is 1.66. The summed E-state index contributed by atoms with van der Waals surface area (Å²) < 4.78 is 0. The van der Waals surface area contributed by atoms with Crippen LogP contribution in [-0.2, 0) is 0 Å². The maximum absolute atomic E-state index is 11.3. The van der Waals surface area contributed by atoms with Crippen molar-refractivity contribution in [2.45, 2.75) is 6.92 Å². The average Bonchev–Trinajstić information content (AvgIpc) is 2.05. The molecule has 1 aromatic rings. The molecule has 0 heterocycles. The molecule has 0 aliphatic carbocycles. The van der Waals surface area contributed by atoms with Crippen LogP contribution in [-0.4, -0.2) is 5.78 Å². The zero-order chi connectivity index (χ0) is 8.97. The van der Waals surface area contributed by atoms with Crippen LogP contribution in [0.4, 0.5) is 0 Å². The first-order valence-corrected chi connectivity index (χ1v) is 4.04. The SMILES string of the molecule is CC=CC(=O)c1cccc(Cl)c1. The van der Waals surface area contributed by atoms with Gasteiger partial charge in [0, 0.05) is 10.6 Å². The van der Waals surface area contributed by atoms with Gasteiger partial charge in [0.05, 0.1) is 0 Å². The molecule has 0 unspecified atom stereocenters. The number of halogens is 1. The molecule has 62 valence electrons. The second-order valence-electron chi connectivity index (χ2n) is 2.37. The molecule has 1 aromatic carbocycles. The third kappa shape index (κ3) is 2.21. The van der Waals surface area contributed by atoms with E-state index in [2.05, 4.69) is 0 Å². The van der Waals surface area contributed by atoms with Crippen LogP contribution in [0.3, 0.4) is 0 Å². The fraction of sp³-hybridized carbons (Fsp3) is 0.100. The Balaban J connectivity index is 2.96. The van der Waals surface area contributed by atoms with Crippen molar-refractivity contribution in [3.63, 3.8) is 0 Å². The molecule has 0 atom stereocenters. The van der Waals surface area contributed by atoms with Crippen molar-refractivity contribution in [2.24, 2.45) is 0 Å². The van der Waals surface area contributed by atoms with Gasteiger partial charge in [-0.1, -0.05) is 29.8 Å². The Hall–Kier alpha value is -1.08. The molecule has 0 aliphatic heterocycles. The van der Waals surface area contributed by atoms with Gasteiger partial charge in [-0.15, -0.1) is 0 Å². The lowest BCUT2D eigenvalue weighted by atomic mass is 10.1. The summed E-state index contributed by atoms with van der Waals surface area (Å²) in [6.45, 7) is 1.81. The summed E-state index contributed by atoms with van der Waals surface area (Å²) in [5.41, 5.74) is 0.626. The van der Waals surface area contributed by atoms with Crippen LogP contribution >= 0.6 is 11.6 Å². The first-order chi connectivity index (χ1) is 5.74. The average molecular weight is 181 g/mol. The van der Waals surface area contributed by atoms with Crippen molar-refractivity contribution >= 4 is 17.4 Å². The summed E-state index contributed by atoms with van der Waals surface area (Å²) in [6, 6.07) is 6.91. The van der Waals surface area contributed by atoms with E-state index >= 15 is 0 Å². The first kappa shape index (κ1) is 9.01. The molecule has 0 spiro atoms. The Bertz CT molecular complexity index is 315. The summed E-state index contributed by atoms with van der Waals surface area (Å²) in [5, 5.41) is 0.588. The summed E-state index contributed by atoms with van der Waals surface area (Å²) in [5.74, 6) is -0.0139. The van der Waals surface area contributed by atoms with E-state index in [1.165, 1.54) is 6.08 Å². The van der Waals surface area contributed by atoms with Gasteiger partial charge in [-0.05, 0) is 25.1 Å². The Morgan fingerprint density at radius 2 is 2.25 bits per heavy atom. The molecule has 1 nitrogen and oxygen atoms in total. The van der Waals surface area contributed by atoms with E-state index in [1.54, 1.807) is 30.3 Å². The van der Waals surface area contributed by atoms with Crippen LogP contribution < -0.4 is 0 Å². The molecule has 0 aromatic heterocycles. The first-order valence-electron chi connectivity index (χ1n) is 3.66. The van der Waals surface area contributed by atoms with Gasteiger partial charge in [-0.25, -0.2) is 0 Å². The molecule has 0 saturated heterocycles. The molecular weight excluding hydrogens is 172 g/mol. The predicted octanol–water partition coefficient (Wildman–Crippen LogP) is 3.10. The fourth-order valence-electron chi connectivity index (χ4n) is 0.889. The maximum Gasteiger partial charge on any atom is 0.185 e. The smallest absolute Gasteiger partial charge is 0.185 e. The Morgan fingerprint density at radius 1 is 1.50 bits per heavy atom. The second-order valence-corrected chi connectivity index (χ2v) is 2.81. The number of carbonyl (C=O) groups excluding carboxylic acids is 1. The zero-order valence-corrected chi connectivity index (χ0v) is 7.51. The molecule has 0 N–H and O–H groups in total. The van der Waals surface area contributed by atoms with Gasteiger partial charge in [-0.2, -0.15) is 0 Å². The van der Waals surface area contributed by atoms with Crippen molar-refractivity contribution in [2.75, 3.05) is 0 Å². The van der Waals surface area contributed by atoms with Crippen molar-refractivity contribution < 1.29 is 4.79 Å². The fourth-order valence-corrected chi connectivity index (χ4v) is 1.08. The van der Waals surface area contributed by atoms with Crippen molar-refractivity contribution in [1.82, 2.24) is 0 Å². The normalized spacial score (nSPS) is 10.5. The highest BCUT2D eigenvalue weighted by molar-refractivity contribution is 6.31. The highest BCUT2D eigenvalue weighted by Crippen LogP contribution is 2.11. The predicted molar refractivity (Wildman–Crippen MR) is 50.6 cm³/mol. The molecule has 2 heteroatoms. The number of allylic oxidation sites excluding steroid dienone is 2. The van der Waals surface area contributed by atoms with E-state index < -0.39 is 0 Å². The van der Waals surface area contributed by atoms with Crippen LogP contribution in [0.1, 0.15) is 17.3 Å². The van der Waals surface area contributed by atoms with Gasteiger partial charge < -0.3 is 0 Å². The second kappa shape index (κ2) is 4.07. The minimum absolute atomic E-state index is 0.0139. The van der Waals surface area contributed by atoms with Gasteiger partial charge in [0.2, 0.25) is 0 Å². The molecule has 0 fully saturated rings. The molecule has 0 amide bonds. The lowest BCUT2D eigenvalue weighted by molar-refractivity contribution is 0.104. The topological polar surface area (TPSA) is 17.1 Å². The Morgan fingerprint density at radius 3 is 2.83 bits per heavy atom. The summed E-state index contributed by atoms with van der Waals surface area (Å²) in [4.78, 5) is 11.3. The Labute approximate surface area is 76.7 Å². The van der Waals surface area contributed by atoms with Crippen LogP contribution in [0.15, 0.2) is 36.4 Å². The number of benzene rings is 1. The van der Waals surface area contributed by atoms with Gasteiger partial charge in [0.1, 0.15) is 0 Å². The lowest BCUT2D eigenvalue weighted by Gasteiger charge is -1.94. The lowest BCUT2D eigenvalue weighted by Crippen LogP contribution is -1.92. The summed E-state index contributed by atoms with van der Waals surface area (Å²) in [7, 11) is 0. The van der Waals surface area contributed by atoms with E-state index in [9.17, 15) is 4.79 Å². The zero-order valence-electron chi connectivity index (χ0n) is 6.75. The van der Waals surface area contributed by atoms with E-state index in [0.29, 0.717) is 10.6 Å². The molecule has 1 rings (SSSR count). The summed E-state index contributed by atoms with van der Waals surface area (Å²) in [6.07, 6.45) is 3.23. The van der Waals surface area contributed by atoms with Gasteiger partial charge in [0.25, 0.3) is 0 Å². The molecule has 12 heavy (non-hydrogen) atoms. The monoisotopic (exact) mass is 180 g/mol. The minimum atomic E-state index is -0.0139. The van der Waals surface area contributed by atoms with E-state index in [-0.39, 0.29) is 5.78 Å². The number of ketones is 1. The van der Waals surface area contributed by atoms with Crippen LogP contribution in [0.5, 0.6) is 0 Å². The maximum atomic E-state index is 11.3. The number of rotatable bonds is 2. The van der Waals surface area contributed by atoms with Crippen molar-refractivity contribution in [3.05, 3.63) is 47.0 Å². The van der Waals surface area contributed by atoms with E-state index in [4.69, 9.17) is 11.6 Å². The van der Waals surface area contributed by atoms with Crippen molar-refractivity contribution in [1.29, 1.82) is 0 Å².